The van der Waals surface area contributed by atoms with Gasteiger partial charge in [-0.1, -0.05) is 19.0 Å². The molecule has 1 N–H and O–H groups in total. The van der Waals surface area contributed by atoms with E-state index < -0.39 is 5.97 Å². The van der Waals surface area contributed by atoms with Gasteiger partial charge >= 0.3 is 5.97 Å². The zero-order valence-corrected chi connectivity index (χ0v) is 10.9. The molecule has 0 aliphatic rings. The standard InChI is InChI=1S/C11H19N3O4/c1-8(2)11-12-9(13-18-11)6-14(4-5-17-3)7-10(15)16/h8H,4-7H2,1-3H3,(H,15,16). The van der Waals surface area contributed by atoms with Gasteiger partial charge in [0.2, 0.25) is 5.89 Å². The van der Waals surface area contributed by atoms with Gasteiger partial charge in [0.15, 0.2) is 5.82 Å². The molecule has 0 amide bonds. The minimum atomic E-state index is -0.890. The molecular formula is C11H19N3O4. The van der Waals surface area contributed by atoms with Crippen molar-refractivity contribution < 1.29 is 19.2 Å². The minimum absolute atomic E-state index is 0.0745. The van der Waals surface area contributed by atoms with Crippen molar-refractivity contribution in [2.75, 3.05) is 26.8 Å². The van der Waals surface area contributed by atoms with E-state index in [-0.39, 0.29) is 12.5 Å². The smallest absolute Gasteiger partial charge is 0.317 e. The lowest BCUT2D eigenvalue weighted by molar-refractivity contribution is -0.138. The summed E-state index contributed by atoms with van der Waals surface area (Å²) in [5.74, 6) is 0.333. The van der Waals surface area contributed by atoms with Crippen molar-refractivity contribution in [3.05, 3.63) is 11.7 Å². The first-order valence-corrected chi connectivity index (χ1v) is 5.78. The Balaban J connectivity index is 2.59. The fourth-order valence-electron chi connectivity index (χ4n) is 1.39. The normalized spacial score (nSPS) is 11.4. The quantitative estimate of drug-likeness (QED) is 0.734. The predicted octanol–water partition coefficient (Wildman–Crippen LogP) is 0.726. The highest BCUT2D eigenvalue weighted by molar-refractivity contribution is 5.69. The number of nitrogens with zero attached hydrogens (tertiary/aromatic N) is 3. The first-order valence-electron chi connectivity index (χ1n) is 5.78. The number of ether oxygens (including phenoxy) is 1. The number of rotatable bonds is 8. The Kier molecular flexibility index (Phi) is 5.73. The second-order valence-electron chi connectivity index (χ2n) is 4.30. The lowest BCUT2D eigenvalue weighted by atomic mass is 10.2. The van der Waals surface area contributed by atoms with Gasteiger partial charge in [-0.3, -0.25) is 9.69 Å². The second kappa shape index (κ2) is 7.07. The van der Waals surface area contributed by atoms with Crippen LogP contribution in [0.5, 0.6) is 0 Å². The minimum Gasteiger partial charge on any atom is -0.480 e. The molecule has 7 nitrogen and oxygen atoms in total. The van der Waals surface area contributed by atoms with Crippen LogP contribution in [0.3, 0.4) is 0 Å². The SMILES string of the molecule is COCCN(CC(=O)O)Cc1noc(C(C)C)n1. The fraction of sp³-hybridized carbons (Fsp3) is 0.727. The van der Waals surface area contributed by atoms with E-state index in [1.807, 2.05) is 13.8 Å². The Morgan fingerprint density at radius 2 is 2.28 bits per heavy atom. The highest BCUT2D eigenvalue weighted by atomic mass is 16.5. The maximum absolute atomic E-state index is 10.7. The summed E-state index contributed by atoms with van der Waals surface area (Å²) in [6.45, 7) is 5.14. The first kappa shape index (κ1) is 14.6. The molecule has 1 rings (SSSR count). The number of aromatic nitrogens is 2. The molecule has 0 unspecified atom stereocenters. The molecule has 0 aliphatic carbocycles. The van der Waals surface area contributed by atoms with Gasteiger partial charge in [0.1, 0.15) is 0 Å². The molecule has 18 heavy (non-hydrogen) atoms. The maximum Gasteiger partial charge on any atom is 0.317 e. The summed E-state index contributed by atoms with van der Waals surface area (Å²) in [6.07, 6.45) is 0. The predicted molar refractivity (Wildman–Crippen MR) is 63.2 cm³/mol. The number of carbonyl (C=O) groups is 1. The van der Waals surface area contributed by atoms with Crippen molar-refractivity contribution in [1.82, 2.24) is 15.0 Å². The van der Waals surface area contributed by atoms with Gasteiger partial charge in [0, 0.05) is 19.6 Å². The van der Waals surface area contributed by atoms with Gasteiger partial charge in [-0.25, -0.2) is 0 Å². The lowest BCUT2D eigenvalue weighted by Gasteiger charge is -2.17. The summed E-state index contributed by atoms with van der Waals surface area (Å²) >= 11 is 0. The summed E-state index contributed by atoms with van der Waals surface area (Å²) in [5.41, 5.74) is 0. The molecule has 0 saturated carbocycles. The van der Waals surface area contributed by atoms with Crippen LogP contribution in [-0.2, 0) is 16.1 Å². The van der Waals surface area contributed by atoms with Gasteiger partial charge in [-0.15, -0.1) is 0 Å². The van der Waals surface area contributed by atoms with Crippen LogP contribution in [0.1, 0.15) is 31.5 Å². The van der Waals surface area contributed by atoms with Gasteiger partial charge in [0.25, 0.3) is 0 Å². The number of carboxylic acid groups (broad SMARTS) is 1. The summed E-state index contributed by atoms with van der Waals surface area (Å²) < 4.78 is 10.0. The van der Waals surface area contributed by atoms with E-state index in [0.29, 0.717) is 31.4 Å². The summed E-state index contributed by atoms with van der Waals surface area (Å²) in [6, 6.07) is 0. The Labute approximate surface area is 106 Å². The molecule has 1 aromatic rings. The number of hydrogen-bond acceptors (Lipinski definition) is 6. The first-order chi connectivity index (χ1) is 8.52. The van der Waals surface area contributed by atoms with E-state index in [4.69, 9.17) is 14.4 Å². The molecule has 0 aromatic carbocycles. The van der Waals surface area contributed by atoms with E-state index in [1.165, 1.54) is 0 Å². The van der Waals surface area contributed by atoms with Crippen LogP contribution < -0.4 is 0 Å². The lowest BCUT2D eigenvalue weighted by Crippen LogP contribution is -2.32. The molecule has 1 heterocycles. The summed E-state index contributed by atoms with van der Waals surface area (Å²) in [5, 5.41) is 12.6. The number of hydrogen-bond donors (Lipinski definition) is 1. The van der Waals surface area contributed by atoms with E-state index in [2.05, 4.69) is 10.1 Å². The average molecular weight is 257 g/mol. The highest BCUT2D eigenvalue weighted by Crippen LogP contribution is 2.11. The average Bonchev–Trinajstić information content (AvgIpc) is 2.73. The van der Waals surface area contributed by atoms with Gasteiger partial charge < -0.3 is 14.4 Å². The molecule has 102 valence electrons. The molecule has 1 aromatic heterocycles. The molecule has 0 saturated heterocycles. The Bertz CT molecular complexity index is 378. The van der Waals surface area contributed by atoms with Gasteiger partial charge in [0.05, 0.1) is 19.7 Å². The number of methoxy groups -OCH3 is 1. The monoisotopic (exact) mass is 257 g/mol. The van der Waals surface area contributed by atoms with E-state index in [1.54, 1.807) is 12.0 Å². The van der Waals surface area contributed by atoms with Crippen LogP contribution in [0.15, 0.2) is 4.52 Å². The summed E-state index contributed by atoms with van der Waals surface area (Å²) in [4.78, 5) is 16.6. The molecule has 7 heteroatoms. The third kappa shape index (κ3) is 4.80. The Morgan fingerprint density at radius 3 is 2.78 bits per heavy atom. The van der Waals surface area contributed by atoms with Crippen molar-refractivity contribution in [1.29, 1.82) is 0 Å². The van der Waals surface area contributed by atoms with Gasteiger partial charge in [-0.05, 0) is 0 Å². The van der Waals surface area contributed by atoms with E-state index >= 15 is 0 Å². The topological polar surface area (TPSA) is 88.7 Å². The number of aliphatic carboxylic acids is 1. The van der Waals surface area contributed by atoms with Crippen molar-refractivity contribution in [2.45, 2.75) is 26.3 Å². The molecule has 0 bridgehead atoms. The second-order valence-corrected chi connectivity index (χ2v) is 4.30. The van der Waals surface area contributed by atoms with Crippen molar-refractivity contribution in [3.63, 3.8) is 0 Å². The Hall–Kier alpha value is -1.47. The number of carboxylic acids is 1. The van der Waals surface area contributed by atoms with Crippen LogP contribution in [0.4, 0.5) is 0 Å². The maximum atomic E-state index is 10.7. The fourth-order valence-corrected chi connectivity index (χ4v) is 1.39. The molecular weight excluding hydrogens is 238 g/mol. The molecule has 0 spiro atoms. The zero-order valence-electron chi connectivity index (χ0n) is 10.9. The molecule has 0 aliphatic heterocycles. The van der Waals surface area contributed by atoms with Gasteiger partial charge in [-0.2, -0.15) is 4.98 Å². The zero-order chi connectivity index (χ0) is 13.5. The van der Waals surface area contributed by atoms with Crippen molar-refractivity contribution in [2.24, 2.45) is 0 Å². The third-order valence-electron chi connectivity index (χ3n) is 2.31. The van der Waals surface area contributed by atoms with Crippen LogP contribution in [0.25, 0.3) is 0 Å². The Morgan fingerprint density at radius 1 is 1.56 bits per heavy atom. The van der Waals surface area contributed by atoms with E-state index in [9.17, 15) is 4.79 Å². The third-order valence-corrected chi connectivity index (χ3v) is 2.31. The molecule has 0 atom stereocenters. The van der Waals surface area contributed by atoms with Crippen LogP contribution in [0, 0.1) is 0 Å². The molecule has 0 fully saturated rings. The van der Waals surface area contributed by atoms with Crippen molar-refractivity contribution >= 4 is 5.97 Å². The van der Waals surface area contributed by atoms with Crippen molar-refractivity contribution in [3.8, 4) is 0 Å². The molecule has 0 radical (unpaired) electrons. The largest absolute Gasteiger partial charge is 0.480 e. The summed E-state index contributed by atoms with van der Waals surface area (Å²) in [7, 11) is 1.57. The highest BCUT2D eigenvalue weighted by Gasteiger charge is 2.15. The van der Waals surface area contributed by atoms with Crippen LogP contribution >= 0.6 is 0 Å². The van der Waals surface area contributed by atoms with Crippen LogP contribution in [-0.4, -0.2) is 52.9 Å². The van der Waals surface area contributed by atoms with Crippen LogP contribution in [0.2, 0.25) is 0 Å². The van der Waals surface area contributed by atoms with E-state index in [0.717, 1.165) is 0 Å².